The minimum atomic E-state index is -1.07. The van der Waals surface area contributed by atoms with Gasteiger partial charge in [0.25, 0.3) is 0 Å². The van der Waals surface area contributed by atoms with Crippen molar-refractivity contribution in [2.75, 3.05) is 19.7 Å². The van der Waals surface area contributed by atoms with Gasteiger partial charge in [-0.15, -0.1) is 0 Å². The fraction of sp³-hybridized carbons (Fsp3) is 0.385. The van der Waals surface area contributed by atoms with Crippen molar-refractivity contribution in [3.8, 4) is 5.75 Å². The van der Waals surface area contributed by atoms with E-state index in [1.165, 1.54) is 11.0 Å². The Labute approximate surface area is 110 Å². The molecule has 0 radical (unpaired) electrons. The molecule has 1 aromatic carbocycles. The molecule has 0 saturated carbocycles. The van der Waals surface area contributed by atoms with Crippen LogP contribution in [0.3, 0.4) is 0 Å². The number of rotatable bonds is 3. The van der Waals surface area contributed by atoms with Gasteiger partial charge in [-0.25, -0.2) is 4.79 Å². The monoisotopic (exact) mass is 265 g/mol. The van der Waals surface area contributed by atoms with Crippen LogP contribution in [0.1, 0.15) is 5.56 Å². The van der Waals surface area contributed by atoms with Crippen LogP contribution in [0.25, 0.3) is 0 Å². The molecule has 1 amide bonds. The van der Waals surface area contributed by atoms with E-state index in [1.807, 2.05) is 0 Å². The van der Waals surface area contributed by atoms with Crippen molar-refractivity contribution in [2.24, 2.45) is 0 Å². The Hall–Kier alpha value is -2.08. The molecule has 1 heterocycles. The van der Waals surface area contributed by atoms with Gasteiger partial charge in [0, 0.05) is 12.1 Å². The molecular weight excluding hydrogens is 250 g/mol. The van der Waals surface area contributed by atoms with E-state index in [-0.39, 0.29) is 31.2 Å². The third kappa shape index (κ3) is 3.23. The molecule has 6 heteroatoms. The molecule has 0 bridgehead atoms. The average molecular weight is 265 g/mol. The number of benzene rings is 1. The Morgan fingerprint density at radius 3 is 2.79 bits per heavy atom. The number of carboxylic acid groups (broad SMARTS) is 1. The number of carbonyl (C=O) groups excluding carboxylic acids is 1. The van der Waals surface area contributed by atoms with Crippen molar-refractivity contribution < 1.29 is 24.5 Å². The number of phenols is 1. The molecule has 102 valence electrons. The summed E-state index contributed by atoms with van der Waals surface area (Å²) in [5, 5.41) is 18.5. The second-order valence-corrected chi connectivity index (χ2v) is 4.34. The molecule has 1 saturated heterocycles. The van der Waals surface area contributed by atoms with Crippen molar-refractivity contribution in [1.29, 1.82) is 0 Å². The summed E-state index contributed by atoms with van der Waals surface area (Å²) in [4.78, 5) is 24.3. The predicted molar refractivity (Wildman–Crippen MR) is 65.8 cm³/mol. The summed E-state index contributed by atoms with van der Waals surface area (Å²) < 4.78 is 5.05. The topological polar surface area (TPSA) is 87.1 Å². The Balaban J connectivity index is 2.00. The highest BCUT2D eigenvalue weighted by Gasteiger charge is 2.29. The van der Waals surface area contributed by atoms with Crippen LogP contribution < -0.4 is 0 Å². The molecular formula is C13H15NO5. The lowest BCUT2D eigenvalue weighted by molar-refractivity contribution is -0.159. The summed E-state index contributed by atoms with van der Waals surface area (Å²) in [7, 11) is 0. The number of amides is 1. The number of carboxylic acids is 1. The number of hydrogen-bond acceptors (Lipinski definition) is 4. The van der Waals surface area contributed by atoms with Crippen molar-refractivity contribution in [1.82, 2.24) is 4.90 Å². The zero-order valence-corrected chi connectivity index (χ0v) is 10.3. The first kappa shape index (κ1) is 13.4. The summed E-state index contributed by atoms with van der Waals surface area (Å²) >= 11 is 0. The van der Waals surface area contributed by atoms with Gasteiger partial charge in [0.2, 0.25) is 5.91 Å². The second-order valence-electron chi connectivity index (χ2n) is 4.34. The minimum absolute atomic E-state index is 0.0434. The molecule has 1 aliphatic rings. The number of nitrogens with zero attached hydrogens (tertiary/aromatic N) is 1. The number of ether oxygens (including phenoxy) is 1. The Morgan fingerprint density at radius 1 is 1.37 bits per heavy atom. The van der Waals surface area contributed by atoms with Crippen LogP contribution in [0, 0.1) is 0 Å². The number of aliphatic carboxylic acids is 1. The van der Waals surface area contributed by atoms with E-state index in [2.05, 4.69) is 0 Å². The van der Waals surface area contributed by atoms with Gasteiger partial charge in [0.1, 0.15) is 5.75 Å². The van der Waals surface area contributed by atoms with Crippen LogP contribution in [0.2, 0.25) is 0 Å². The lowest BCUT2D eigenvalue weighted by Crippen LogP contribution is -2.49. The fourth-order valence-corrected chi connectivity index (χ4v) is 1.96. The van der Waals surface area contributed by atoms with Gasteiger partial charge >= 0.3 is 5.97 Å². The van der Waals surface area contributed by atoms with Crippen molar-refractivity contribution in [2.45, 2.75) is 12.5 Å². The van der Waals surface area contributed by atoms with Gasteiger partial charge in [-0.2, -0.15) is 0 Å². The first-order chi connectivity index (χ1) is 9.08. The second kappa shape index (κ2) is 5.71. The maximum atomic E-state index is 12.1. The number of para-hydroxylation sites is 1. The summed E-state index contributed by atoms with van der Waals surface area (Å²) in [6, 6.07) is 6.60. The predicted octanol–water partition coefficient (Wildman–Crippen LogP) is 0.247. The highest BCUT2D eigenvalue weighted by molar-refractivity contribution is 5.81. The van der Waals surface area contributed by atoms with E-state index in [4.69, 9.17) is 9.84 Å². The maximum absolute atomic E-state index is 12.1. The van der Waals surface area contributed by atoms with Gasteiger partial charge in [-0.1, -0.05) is 18.2 Å². The number of phenolic OH excluding ortho intramolecular Hbond substituents is 1. The molecule has 1 aromatic rings. The van der Waals surface area contributed by atoms with Gasteiger partial charge in [0.15, 0.2) is 6.10 Å². The standard InChI is InChI=1S/C13H15NO5/c15-10-4-2-1-3-9(10)7-12(16)14-5-6-19-11(8-14)13(17)18/h1-4,11,15H,5-8H2,(H,17,18). The maximum Gasteiger partial charge on any atom is 0.334 e. The molecule has 1 aliphatic heterocycles. The van der Waals surface area contributed by atoms with Crippen LogP contribution in [0.4, 0.5) is 0 Å². The minimum Gasteiger partial charge on any atom is -0.508 e. The number of hydrogen-bond donors (Lipinski definition) is 2. The SMILES string of the molecule is O=C(O)C1CN(C(=O)Cc2ccccc2O)CCO1. The highest BCUT2D eigenvalue weighted by atomic mass is 16.5. The number of morpholine rings is 1. The zero-order valence-electron chi connectivity index (χ0n) is 10.3. The van der Waals surface area contributed by atoms with Crippen LogP contribution in [-0.4, -0.2) is 52.8 Å². The molecule has 1 atom stereocenters. The van der Waals surface area contributed by atoms with E-state index in [0.29, 0.717) is 12.1 Å². The van der Waals surface area contributed by atoms with Crippen LogP contribution >= 0.6 is 0 Å². The third-order valence-corrected chi connectivity index (χ3v) is 3.03. The molecule has 2 N–H and O–H groups in total. The largest absolute Gasteiger partial charge is 0.508 e. The lowest BCUT2D eigenvalue weighted by atomic mass is 10.1. The summed E-state index contributed by atoms with van der Waals surface area (Å²) in [5.41, 5.74) is 0.533. The first-order valence-electron chi connectivity index (χ1n) is 5.97. The lowest BCUT2D eigenvalue weighted by Gasteiger charge is -2.31. The summed E-state index contributed by atoms with van der Waals surface area (Å²) in [5.74, 6) is -1.21. The van der Waals surface area contributed by atoms with E-state index < -0.39 is 12.1 Å². The molecule has 1 fully saturated rings. The molecule has 0 aliphatic carbocycles. The molecule has 0 spiro atoms. The van der Waals surface area contributed by atoms with Crippen molar-refractivity contribution in [3.63, 3.8) is 0 Å². The van der Waals surface area contributed by atoms with Gasteiger partial charge in [-0.3, -0.25) is 4.79 Å². The molecule has 0 aromatic heterocycles. The highest BCUT2D eigenvalue weighted by Crippen LogP contribution is 2.17. The average Bonchev–Trinajstić information content (AvgIpc) is 2.41. The molecule has 6 nitrogen and oxygen atoms in total. The number of aromatic hydroxyl groups is 1. The van der Waals surface area contributed by atoms with Gasteiger partial charge in [0.05, 0.1) is 19.6 Å². The third-order valence-electron chi connectivity index (χ3n) is 3.03. The van der Waals surface area contributed by atoms with Crippen molar-refractivity contribution in [3.05, 3.63) is 29.8 Å². The van der Waals surface area contributed by atoms with Crippen LogP contribution in [-0.2, 0) is 20.7 Å². The summed E-state index contributed by atoms with van der Waals surface area (Å²) in [6.07, 6.45) is -0.916. The quantitative estimate of drug-likeness (QED) is 0.818. The smallest absolute Gasteiger partial charge is 0.334 e. The van der Waals surface area contributed by atoms with E-state index >= 15 is 0 Å². The Bertz CT molecular complexity index is 488. The fourth-order valence-electron chi connectivity index (χ4n) is 1.96. The molecule has 19 heavy (non-hydrogen) atoms. The van der Waals surface area contributed by atoms with Crippen LogP contribution in [0.5, 0.6) is 5.75 Å². The van der Waals surface area contributed by atoms with E-state index in [9.17, 15) is 14.7 Å². The van der Waals surface area contributed by atoms with E-state index in [1.54, 1.807) is 18.2 Å². The number of carbonyl (C=O) groups is 2. The van der Waals surface area contributed by atoms with Gasteiger partial charge < -0.3 is 19.8 Å². The molecule has 2 rings (SSSR count). The van der Waals surface area contributed by atoms with Crippen molar-refractivity contribution >= 4 is 11.9 Å². The van der Waals surface area contributed by atoms with E-state index in [0.717, 1.165) is 0 Å². The van der Waals surface area contributed by atoms with Crippen LogP contribution in [0.15, 0.2) is 24.3 Å². The normalized spacial score (nSPS) is 19.2. The first-order valence-corrected chi connectivity index (χ1v) is 5.97. The molecule has 1 unspecified atom stereocenters. The van der Waals surface area contributed by atoms with Gasteiger partial charge in [-0.05, 0) is 6.07 Å². The zero-order chi connectivity index (χ0) is 13.8. The Morgan fingerprint density at radius 2 is 2.11 bits per heavy atom. The Kier molecular flexibility index (Phi) is 4.01. The summed E-state index contributed by atoms with van der Waals surface area (Å²) in [6.45, 7) is 0.626.